The summed E-state index contributed by atoms with van der Waals surface area (Å²) < 4.78 is 0. The number of aliphatic hydroxyl groups excluding tert-OH is 1. The molecule has 0 radical (unpaired) electrons. The number of amides is 1. The minimum absolute atomic E-state index is 0.0857. The van der Waals surface area contributed by atoms with Crippen molar-refractivity contribution >= 4 is 23.2 Å². The predicted octanol–water partition coefficient (Wildman–Crippen LogP) is 1.48. The van der Waals surface area contributed by atoms with E-state index >= 15 is 0 Å². The monoisotopic (exact) mass is 225 g/mol. The lowest BCUT2D eigenvalue weighted by atomic mass is 10.1. The van der Waals surface area contributed by atoms with Crippen molar-refractivity contribution in [2.45, 2.75) is 12.5 Å². The Balaban J connectivity index is 2.37. The number of hydrogen-bond donors (Lipinski definition) is 1. The van der Waals surface area contributed by atoms with E-state index in [0.717, 1.165) is 16.8 Å². The Morgan fingerprint density at radius 1 is 1.60 bits per heavy atom. The molecule has 0 aromatic heterocycles. The number of benzene rings is 1. The van der Waals surface area contributed by atoms with Gasteiger partial charge in [0, 0.05) is 12.7 Å². The topological polar surface area (TPSA) is 40.5 Å². The Labute approximate surface area is 93.3 Å². The van der Waals surface area contributed by atoms with Gasteiger partial charge in [-0.3, -0.25) is 4.79 Å². The molecule has 0 bridgehead atoms. The molecule has 0 fully saturated rings. The van der Waals surface area contributed by atoms with Crippen molar-refractivity contribution in [3.05, 3.63) is 29.3 Å². The molecule has 80 valence electrons. The van der Waals surface area contributed by atoms with Crippen LogP contribution < -0.4 is 4.90 Å². The van der Waals surface area contributed by atoms with E-state index in [1.165, 1.54) is 0 Å². The number of fused-ring (bicyclic) bond motifs is 1. The molecular weight excluding hydrogens is 214 g/mol. The van der Waals surface area contributed by atoms with E-state index in [0.29, 0.717) is 6.42 Å². The van der Waals surface area contributed by atoms with Crippen LogP contribution >= 0.6 is 11.6 Å². The largest absolute Gasteiger partial charge is 0.387 e. The summed E-state index contributed by atoms with van der Waals surface area (Å²) in [5, 5.41) is 9.56. The summed E-state index contributed by atoms with van der Waals surface area (Å²) in [6.45, 7) is 0. The Bertz CT molecular complexity index is 406. The molecule has 0 saturated carbocycles. The fourth-order valence-electron chi connectivity index (χ4n) is 1.79. The maximum absolute atomic E-state index is 11.4. The number of halogens is 1. The molecule has 1 aliphatic rings. The van der Waals surface area contributed by atoms with Crippen LogP contribution in [0.3, 0.4) is 0 Å². The number of aliphatic hydroxyl groups is 1. The molecule has 4 heteroatoms. The van der Waals surface area contributed by atoms with Gasteiger partial charge < -0.3 is 10.0 Å². The maximum Gasteiger partial charge on any atom is 0.231 e. The van der Waals surface area contributed by atoms with Crippen molar-refractivity contribution in [2.75, 3.05) is 17.8 Å². The molecule has 1 amide bonds. The first-order valence-corrected chi connectivity index (χ1v) is 5.30. The van der Waals surface area contributed by atoms with Gasteiger partial charge in [-0.25, -0.2) is 0 Å². The van der Waals surface area contributed by atoms with Gasteiger partial charge in [-0.1, -0.05) is 12.1 Å². The summed E-state index contributed by atoms with van der Waals surface area (Å²) in [7, 11) is 1.76. The van der Waals surface area contributed by atoms with Gasteiger partial charge in [-0.15, -0.1) is 11.6 Å². The molecule has 1 heterocycles. The zero-order valence-electron chi connectivity index (χ0n) is 8.40. The zero-order valence-corrected chi connectivity index (χ0v) is 9.16. The summed E-state index contributed by atoms with van der Waals surface area (Å²) >= 11 is 5.57. The quantitative estimate of drug-likeness (QED) is 0.775. The Morgan fingerprint density at radius 2 is 2.33 bits per heavy atom. The lowest BCUT2D eigenvalue weighted by Gasteiger charge is -2.12. The molecule has 2 rings (SSSR count). The van der Waals surface area contributed by atoms with E-state index in [4.69, 9.17) is 11.6 Å². The molecule has 1 atom stereocenters. The van der Waals surface area contributed by atoms with E-state index < -0.39 is 6.10 Å². The molecule has 1 N–H and O–H groups in total. The van der Waals surface area contributed by atoms with Crippen LogP contribution in [0.2, 0.25) is 0 Å². The van der Waals surface area contributed by atoms with Gasteiger partial charge >= 0.3 is 0 Å². The summed E-state index contributed by atoms with van der Waals surface area (Å²) in [5.74, 6) is 0.255. The SMILES string of the molecule is CN1C(=O)Cc2cc(C(O)CCl)ccc21. The lowest BCUT2D eigenvalue weighted by Crippen LogP contribution is -2.20. The number of nitrogens with zero attached hydrogens (tertiary/aromatic N) is 1. The number of carbonyl (C=O) groups excluding carboxylic acids is 1. The standard InChI is InChI=1S/C11H12ClNO2/c1-13-9-3-2-7(10(14)6-12)4-8(9)5-11(13)15/h2-4,10,14H,5-6H2,1H3. The Kier molecular flexibility index (Phi) is 2.67. The van der Waals surface area contributed by atoms with Crippen LogP contribution in [-0.4, -0.2) is 23.9 Å². The first-order chi connectivity index (χ1) is 7.13. The third kappa shape index (κ3) is 1.73. The number of rotatable bonds is 2. The first-order valence-electron chi connectivity index (χ1n) is 4.77. The van der Waals surface area contributed by atoms with E-state index in [9.17, 15) is 9.90 Å². The van der Waals surface area contributed by atoms with Crippen molar-refractivity contribution in [3.8, 4) is 0 Å². The Hall–Kier alpha value is -1.06. The molecule has 1 unspecified atom stereocenters. The van der Waals surface area contributed by atoms with E-state index in [2.05, 4.69) is 0 Å². The van der Waals surface area contributed by atoms with Gasteiger partial charge in [-0.05, 0) is 17.2 Å². The molecule has 1 aromatic rings. The molecule has 0 saturated heterocycles. The second kappa shape index (κ2) is 3.83. The molecule has 0 aliphatic carbocycles. The van der Waals surface area contributed by atoms with Crippen molar-refractivity contribution in [2.24, 2.45) is 0 Å². The smallest absolute Gasteiger partial charge is 0.231 e. The van der Waals surface area contributed by atoms with Crippen molar-refractivity contribution in [3.63, 3.8) is 0 Å². The first kappa shape index (κ1) is 10.5. The van der Waals surface area contributed by atoms with Gasteiger partial charge in [0.2, 0.25) is 5.91 Å². The second-order valence-electron chi connectivity index (χ2n) is 3.69. The van der Waals surface area contributed by atoms with Crippen LogP contribution in [0.1, 0.15) is 17.2 Å². The molecule has 1 aliphatic heterocycles. The predicted molar refractivity (Wildman–Crippen MR) is 59.2 cm³/mol. The van der Waals surface area contributed by atoms with Crippen molar-refractivity contribution in [1.82, 2.24) is 0 Å². The Morgan fingerprint density at radius 3 is 3.00 bits per heavy atom. The molecule has 1 aromatic carbocycles. The second-order valence-corrected chi connectivity index (χ2v) is 4.00. The summed E-state index contributed by atoms with van der Waals surface area (Å²) in [6.07, 6.45) is -0.243. The van der Waals surface area contributed by atoms with Crippen LogP contribution in [0, 0.1) is 0 Å². The maximum atomic E-state index is 11.4. The van der Waals surface area contributed by atoms with Crippen LogP contribution in [0.5, 0.6) is 0 Å². The number of alkyl halides is 1. The fourth-order valence-corrected chi connectivity index (χ4v) is 1.96. The van der Waals surface area contributed by atoms with Gasteiger partial charge in [0.1, 0.15) is 0 Å². The molecule has 0 spiro atoms. The van der Waals surface area contributed by atoms with Gasteiger partial charge in [0.15, 0.2) is 0 Å². The van der Waals surface area contributed by atoms with Crippen LogP contribution in [-0.2, 0) is 11.2 Å². The third-order valence-corrected chi connectivity index (χ3v) is 3.00. The number of likely N-dealkylation sites (N-methyl/N-ethyl adjacent to an activating group) is 1. The van der Waals surface area contributed by atoms with Crippen LogP contribution in [0.4, 0.5) is 5.69 Å². The molecule has 15 heavy (non-hydrogen) atoms. The third-order valence-electron chi connectivity index (χ3n) is 2.71. The number of hydrogen-bond acceptors (Lipinski definition) is 2. The average molecular weight is 226 g/mol. The molecule has 3 nitrogen and oxygen atoms in total. The average Bonchev–Trinajstić information content (AvgIpc) is 2.53. The minimum atomic E-state index is -0.655. The zero-order chi connectivity index (χ0) is 11.0. The van der Waals surface area contributed by atoms with Crippen LogP contribution in [0.25, 0.3) is 0 Å². The van der Waals surface area contributed by atoms with Crippen molar-refractivity contribution < 1.29 is 9.90 Å². The summed E-state index contributed by atoms with van der Waals surface area (Å²) in [4.78, 5) is 13.1. The van der Waals surface area contributed by atoms with E-state index in [1.807, 2.05) is 12.1 Å². The lowest BCUT2D eigenvalue weighted by molar-refractivity contribution is -0.117. The van der Waals surface area contributed by atoms with E-state index in [-0.39, 0.29) is 11.8 Å². The van der Waals surface area contributed by atoms with Gasteiger partial charge in [0.05, 0.1) is 18.4 Å². The van der Waals surface area contributed by atoms with Gasteiger partial charge in [0.25, 0.3) is 0 Å². The fraction of sp³-hybridized carbons (Fsp3) is 0.364. The highest BCUT2D eigenvalue weighted by atomic mass is 35.5. The summed E-state index contributed by atoms with van der Waals surface area (Å²) in [5.41, 5.74) is 2.65. The number of anilines is 1. The van der Waals surface area contributed by atoms with E-state index in [1.54, 1.807) is 18.0 Å². The highest BCUT2D eigenvalue weighted by Crippen LogP contribution is 2.30. The van der Waals surface area contributed by atoms with Crippen LogP contribution in [0.15, 0.2) is 18.2 Å². The molecular formula is C11H12ClNO2. The van der Waals surface area contributed by atoms with Gasteiger partial charge in [-0.2, -0.15) is 0 Å². The highest BCUT2D eigenvalue weighted by Gasteiger charge is 2.24. The normalized spacial score (nSPS) is 16.7. The minimum Gasteiger partial charge on any atom is -0.387 e. The number of carbonyl (C=O) groups is 1. The highest BCUT2D eigenvalue weighted by molar-refractivity contribution is 6.18. The van der Waals surface area contributed by atoms with Crippen molar-refractivity contribution in [1.29, 1.82) is 0 Å². The summed E-state index contributed by atoms with van der Waals surface area (Å²) in [6, 6.07) is 5.51.